The predicted octanol–water partition coefficient (Wildman–Crippen LogP) is 1.54. The minimum Gasteiger partial charge on any atom is -0.392 e. The van der Waals surface area contributed by atoms with Gasteiger partial charge in [-0.25, -0.2) is 0 Å². The molecule has 0 radical (unpaired) electrons. The summed E-state index contributed by atoms with van der Waals surface area (Å²) in [4.78, 5) is 0. The van der Waals surface area contributed by atoms with Crippen molar-refractivity contribution in [3.63, 3.8) is 0 Å². The Hall–Kier alpha value is -0.0800. The summed E-state index contributed by atoms with van der Waals surface area (Å²) < 4.78 is 0. The largest absolute Gasteiger partial charge is 0.392 e. The zero-order valence-corrected chi connectivity index (χ0v) is 8.21. The Morgan fingerprint density at radius 3 is 2.83 bits per heavy atom. The molecular formula is C10H21NO. The fourth-order valence-corrected chi connectivity index (χ4v) is 1.88. The molecular weight excluding hydrogens is 150 g/mol. The molecule has 1 unspecified atom stereocenters. The normalized spacial score (nSPS) is 32.0. The van der Waals surface area contributed by atoms with Crippen LogP contribution in [0, 0.1) is 5.92 Å². The summed E-state index contributed by atoms with van der Waals surface area (Å²) in [7, 11) is 0. The van der Waals surface area contributed by atoms with Crippen molar-refractivity contribution >= 4 is 0 Å². The molecule has 0 aromatic carbocycles. The molecule has 1 aliphatic heterocycles. The molecule has 0 amide bonds. The summed E-state index contributed by atoms with van der Waals surface area (Å²) in [6.07, 6.45) is 4.51. The molecule has 72 valence electrons. The monoisotopic (exact) mass is 171 g/mol. The van der Waals surface area contributed by atoms with Gasteiger partial charge in [0.2, 0.25) is 0 Å². The molecule has 1 fully saturated rings. The van der Waals surface area contributed by atoms with Crippen LogP contribution in [0.5, 0.6) is 0 Å². The lowest BCUT2D eigenvalue weighted by Crippen LogP contribution is -2.33. The van der Waals surface area contributed by atoms with Crippen molar-refractivity contribution in [2.24, 2.45) is 5.92 Å². The lowest BCUT2D eigenvalue weighted by molar-refractivity contribution is 0.166. The standard InChI is InChI=1S/C10H21NO/c1-8(2)6-9-4-3-5-10(12)7-11-9/h8-12H,3-7H2,1-2H3/t9?,10-/m1/s1. The van der Waals surface area contributed by atoms with Crippen LogP contribution in [0.25, 0.3) is 0 Å². The molecule has 2 heteroatoms. The van der Waals surface area contributed by atoms with Gasteiger partial charge in [-0.05, 0) is 31.6 Å². The van der Waals surface area contributed by atoms with Crippen LogP contribution in [0.1, 0.15) is 39.5 Å². The van der Waals surface area contributed by atoms with E-state index in [1.54, 1.807) is 0 Å². The molecule has 1 rings (SSSR count). The number of rotatable bonds is 2. The van der Waals surface area contributed by atoms with Crippen LogP contribution in [-0.4, -0.2) is 23.8 Å². The number of nitrogens with one attached hydrogen (secondary N) is 1. The first kappa shape index (κ1) is 10.0. The number of hydrogen-bond donors (Lipinski definition) is 2. The first-order chi connectivity index (χ1) is 5.68. The highest BCUT2D eigenvalue weighted by molar-refractivity contribution is 4.75. The third kappa shape index (κ3) is 3.55. The molecule has 2 atom stereocenters. The van der Waals surface area contributed by atoms with Gasteiger partial charge in [-0.1, -0.05) is 13.8 Å². The van der Waals surface area contributed by atoms with E-state index in [4.69, 9.17) is 0 Å². The molecule has 1 saturated heterocycles. The minimum absolute atomic E-state index is 0.109. The van der Waals surface area contributed by atoms with Gasteiger partial charge >= 0.3 is 0 Å². The number of hydrogen-bond acceptors (Lipinski definition) is 2. The Bertz CT molecular complexity index is 125. The molecule has 1 aliphatic rings. The fourth-order valence-electron chi connectivity index (χ4n) is 1.88. The van der Waals surface area contributed by atoms with E-state index in [0.717, 1.165) is 18.9 Å². The van der Waals surface area contributed by atoms with Crippen LogP contribution >= 0.6 is 0 Å². The van der Waals surface area contributed by atoms with Crippen LogP contribution in [0.3, 0.4) is 0 Å². The summed E-state index contributed by atoms with van der Waals surface area (Å²) in [5.74, 6) is 0.762. The van der Waals surface area contributed by atoms with E-state index < -0.39 is 0 Å². The Morgan fingerprint density at radius 1 is 1.42 bits per heavy atom. The van der Waals surface area contributed by atoms with Crippen molar-refractivity contribution in [2.45, 2.75) is 51.7 Å². The molecule has 0 bridgehead atoms. The third-order valence-corrected chi connectivity index (χ3v) is 2.49. The topological polar surface area (TPSA) is 32.3 Å². The van der Waals surface area contributed by atoms with E-state index in [1.807, 2.05) is 0 Å². The SMILES string of the molecule is CC(C)CC1CCC[C@@H](O)CN1. The second kappa shape index (κ2) is 4.83. The average Bonchev–Trinajstić information content (AvgIpc) is 2.15. The van der Waals surface area contributed by atoms with Gasteiger partial charge in [0.15, 0.2) is 0 Å². The zero-order valence-electron chi connectivity index (χ0n) is 8.21. The van der Waals surface area contributed by atoms with Crippen molar-refractivity contribution in [3.05, 3.63) is 0 Å². The molecule has 2 nitrogen and oxygen atoms in total. The highest BCUT2D eigenvalue weighted by Crippen LogP contribution is 2.15. The smallest absolute Gasteiger partial charge is 0.0664 e. The van der Waals surface area contributed by atoms with Gasteiger partial charge in [-0.3, -0.25) is 0 Å². The van der Waals surface area contributed by atoms with Crippen LogP contribution in [-0.2, 0) is 0 Å². The maximum atomic E-state index is 9.38. The summed E-state index contributed by atoms with van der Waals surface area (Å²) >= 11 is 0. The first-order valence-electron chi connectivity index (χ1n) is 5.10. The maximum Gasteiger partial charge on any atom is 0.0664 e. The molecule has 0 saturated carbocycles. The lowest BCUT2D eigenvalue weighted by atomic mass is 10.00. The van der Waals surface area contributed by atoms with E-state index in [2.05, 4.69) is 19.2 Å². The zero-order chi connectivity index (χ0) is 8.97. The van der Waals surface area contributed by atoms with Crippen molar-refractivity contribution < 1.29 is 5.11 Å². The lowest BCUT2D eigenvalue weighted by Gasteiger charge is -2.17. The van der Waals surface area contributed by atoms with Crippen molar-refractivity contribution in [3.8, 4) is 0 Å². The van der Waals surface area contributed by atoms with Crippen LogP contribution in [0.15, 0.2) is 0 Å². The molecule has 2 N–H and O–H groups in total. The predicted molar refractivity (Wildman–Crippen MR) is 51.1 cm³/mol. The summed E-state index contributed by atoms with van der Waals surface area (Å²) in [6, 6.07) is 0.641. The van der Waals surface area contributed by atoms with Gasteiger partial charge in [0.1, 0.15) is 0 Å². The first-order valence-corrected chi connectivity index (χ1v) is 5.10. The second-order valence-electron chi connectivity index (χ2n) is 4.32. The van der Waals surface area contributed by atoms with Gasteiger partial charge < -0.3 is 10.4 Å². The number of aliphatic hydroxyl groups is 1. The Labute approximate surface area is 75.4 Å². The summed E-state index contributed by atoms with van der Waals surface area (Å²) in [6.45, 7) is 5.30. The highest BCUT2D eigenvalue weighted by atomic mass is 16.3. The van der Waals surface area contributed by atoms with Gasteiger partial charge in [0.25, 0.3) is 0 Å². The Kier molecular flexibility index (Phi) is 4.02. The van der Waals surface area contributed by atoms with E-state index in [1.165, 1.54) is 19.3 Å². The van der Waals surface area contributed by atoms with Gasteiger partial charge in [-0.15, -0.1) is 0 Å². The van der Waals surface area contributed by atoms with Crippen molar-refractivity contribution in [1.82, 2.24) is 5.32 Å². The Balaban J connectivity index is 2.26. The van der Waals surface area contributed by atoms with Gasteiger partial charge in [-0.2, -0.15) is 0 Å². The number of aliphatic hydroxyl groups excluding tert-OH is 1. The number of β-amino-alcohol motifs (C(OH)–C–C–N with tert-alkyl or cyclic N) is 1. The second-order valence-corrected chi connectivity index (χ2v) is 4.32. The van der Waals surface area contributed by atoms with Crippen LogP contribution in [0.4, 0.5) is 0 Å². The van der Waals surface area contributed by atoms with Gasteiger partial charge in [0, 0.05) is 12.6 Å². The molecule has 1 heterocycles. The van der Waals surface area contributed by atoms with Crippen LogP contribution < -0.4 is 5.32 Å². The van der Waals surface area contributed by atoms with E-state index in [9.17, 15) is 5.11 Å². The molecule has 0 aromatic rings. The van der Waals surface area contributed by atoms with Crippen molar-refractivity contribution in [2.75, 3.05) is 6.54 Å². The van der Waals surface area contributed by atoms with E-state index >= 15 is 0 Å². The summed E-state index contributed by atoms with van der Waals surface area (Å²) in [5.41, 5.74) is 0. The van der Waals surface area contributed by atoms with Gasteiger partial charge in [0.05, 0.1) is 6.10 Å². The average molecular weight is 171 g/mol. The fraction of sp³-hybridized carbons (Fsp3) is 1.00. The van der Waals surface area contributed by atoms with Crippen LogP contribution in [0.2, 0.25) is 0 Å². The van der Waals surface area contributed by atoms with E-state index in [0.29, 0.717) is 6.04 Å². The molecule has 0 spiro atoms. The maximum absolute atomic E-state index is 9.38. The molecule has 12 heavy (non-hydrogen) atoms. The summed E-state index contributed by atoms with van der Waals surface area (Å²) in [5, 5.41) is 12.8. The molecule has 0 aliphatic carbocycles. The minimum atomic E-state index is -0.109. The van der Waals surface area contributed by atoms with E-state index in [-0.39, 0.29) is 6.10 Å². The highest BCUT2D eigenvalue weighted by Gasteiger charge is 2.16. The van der Waals surface area contributed by atoms with Crippen molar-refractivity contribution in [1.29, 1.82) is 0 Å². The Morgan fingerprint density at radius 2 is 2.17 bits per heavy atom. The quantitative estimate of drug-likeness (QED) is 0.660. The third-order valence-electron chi connectivity index (χ3n) is 2.49. The molecule has 0 aromatic heterocycles.